The van der Waals surface area contributed by atoms with Gasteiger partial charge in [0.25, 0.3) is 0 Å². The van der Waals surface area contributed by atoms with Gasteiger partial charge >= 0.3 is 0 Å². The Morgan fingerprint density at radius 2 is 1.60 bits per heavy atom. The fourth-order valence-electron chi connectivity index (χ4n) is 1.72. The molecular weight excluding hydrogens is 446 g/mol. The van der Waals surface area contributed by atoms with E-state index in [0.29, 0.717) is 5.57 Å². The number of hydrogen-bond acceptors (Lipinski definition) is 1. The Kier molecular flexibility index (Phi) is 5.20. The lowest BCUT2D eigenvalue weighted by Crippen LogP contribution is -1.85. The van der Waals surface area contributed by atoms with Crippen molar-refractivity contribution in [2.24, 2.45) is 0 Å². The molecule has 0 bridgehead atoms. The van der Waals surface area contributed by atoms with E-state index in [0.717, 1.165) is 30.1 Å². The van der Waals surface area contributed by atoms with E-state index >= 15 is 0 Å². The van der Waals surface area contributed by atoms with Crippen molar-refractivity contribution in [2.45, 2.75) is 6.92 Å². The minimum Gasteiger partial charge on any atom is -0.192 e. The largest absolute Gasteiger partial charge is 0.192 e. The zero-order chi connectivity index (χ0) is 14.7. The van der Waals surface area contributed by atoms with E-state index in [1.54, 1.807) is 0 Å². The van der Waals surface area contributed by atoms with Crippen LogP contribution in [0, 0.1) is 18.3 Å². The molecule has 0 N–H and O–H groups in total. The molecule has 2 rings (SSSR count). The van der Waals surface area contributed by atoms with Gasteiger partial charge in [0.1, 0.15) is 0 Å². The summed E-state index contributed by atoms with van der Waals surface area (Å²) >= 11 is 10.4. The van der Waals surface area contributed by atoms with E-state index < -0.39 is 0 Å². The molecule has 0 aliphatic heterocycles. The summed E-state index contributed by atoms with van der Waals surface area (Å²) in [6.45, 7) is 2.03. The minimum atomic E-state index is 0.639. The summed E-state index contributed by atoms with van der Waals surface area (Å²) in [5.74, 6) is 0. The lowest BCUT2D eigenvalue weighted by molar-refractivity contribution is 1.38. The van der Waals surface area contributed by atoms with Crippen molar-refractivity contribution < 1.29 is 0 Å². The van der Waals surface area contributed by atoms with Crippen LogP contribution in [-0.4, -0.2) is 0 Å². The van der Waals surface area contributed by atoms with E-state index in [2.05, 4.69) is 53.9 Å². The third-order valence-corrected chi connectivity index (χ3v) is 5.07. The topological polar surface area (TPSA) is 23.8 Å². The monoisotopic (exact) mass is 453 g/mol. The summed E-state index contributed by atoms with van der Waals surface area (Å²) in [6, 6.07) is 14.0. The maximum absolute atomic E-state index is 9.35. The van der Waals surface area contributed by atoms with Gasteiger partial charge in [0.05, 0.1) is 11.6 Å². The second-order valence-corrected chi connectivity index (χ2v) is 6.91. The molecule has 0 saturated heterocycles. The quantitative estimate of drug-likeness (QED) is 0.382. The van der Waals surface area contributed by atoms with Gasteiger partial charge in [-0.05, 0) is 54.0 Å². The number of rotatable bonds is 2. The molecule has 2 aromatic rings. The van der Waals surface area contributed by atoms with Crippen molar-refractivity contribution in [2.75, 3.05) is 0 Å². The summed E-state index contributed by atoms with van der Waals surface area (Å²) in [7, 11) is 0. The molecule has 0 aliphatic carbocycles. The lowest BCUT2D eigenvalue weighted by Gasteiger charge is -2.05. The molecule has 1 nitrogen and oxygen atoms in total. The van der Waals surface area contributed by atoms with E-state index in [4.69, 9.17) is 0 Å². The Bertz CT molecular complexity index is 686. The molecule has 2 aromatic carbocycles. The Morgan fingerprint density at radius 3 is 2.10 bits per heavy atom. The molecule has 0 spiro atoms. The normalized spacial score (nSPS) is 11.2. The number of nitrogens with zero attached hydrogens (tertiary/aromatic N) is 1. The summed E-state index contributed by atoms with van der Waals surface area (Å²) in [4.78, 5) is 0. The van der Waals surface area contributed by atoms with Crippen molar-refractivity contribution in [3.63, 3.8) is 0 Å². The summed E-state index contributed by atoms with van der Waals surface area (Å²) in [5.41, 5.74) is 3.67. The Morgan fingerprint density at radius 1 is 1.05 bits per heavy atom. The summed E-state index contributed by atoms with van der Waals surface area (Å²) in [5, 5.41) is 9.35. The molecule has 0 unspecified atom stereocenters. The van der Waals surface area contributed by atoms with Gasteiger partial charge in [-0.25, -0.2) is 0 Å². The predicted molar refractivity (Wildman–Crippen MR) is 94.2 cm³/mol. The number of benzene rings is 2. The molecule has 0 fully saturated rings. The Hall–Kier alpha value is -0.890. The van der Waals surface area contributed by atoms with Crippen LogP contribution in [0.2, 0.25) is 0 Å². The van der Waals surface area contributed by atoms with Crippen LogP contribution in [0.25, 0.3) is 11.6 Å². The second-order valence-electron chi connectivity index (χ2n) is 4.29. The van der Waals surface area contributed by atoms with Gasteiger partial charge < -0.3 is 0 Å². The van der Waals surface area contributed by atoms with Gasteiger partial charge in [0.2, 0.25) is 0 Å². The number of allylic oxidation sites excluding steroid dienone is 1. The van der Waals surface area contributed by atoms with E-state index in [1.165, 1.54) is 0 Å². The first-order valence-electron chi connectivity index (χ1n) is 5.84. The number of halogens is 3. The van der Waals surface area contributed by atoms with Gasteiger partial charge in [0, 0.05) is 13.4 Å². The molecule has 0 aliphatic rings. The van der Waals surface area contributed by atoms with Crippen LogP contribution < -0.4 is 0 Å². The molecule has 0 amide bonds. The van der Waals surface area contributed by atoms with Gasteiger partial charge in [-0.3, -0.25) is 0 Å². The number of hydrogen-bond donors (Lipinski definition) is 0. The van der Waals surface area contributed by atoms with E-state index in [-0.39, 0.29) is 0 Å². The Balaban J connectivity index is 2.47. The number of nitriles is 1. The summed E-state index contributed by atoms with van der Waals surface area (Å²) in [6.07, 6.45) is 1.89. The van der Waals surface area contributed by atoms with Crippen LogP contribution in [0.5, 0.6) is 0 Å². The van der Waals surface area contributed by atoms with Crippen LogP contribution in [-0.2, 0) is 0 Å². The fraction of sp³-hybridized carbons (Fsp3) is 0.0625. The zero-order valence-corrected chi connectivity index (χ0v) is 15.4. The highest BCUT2D eigenvalue weighted by Crippen LogP contribution is 2.28. The first kappa shape index (κ1) is 15.5. The van der Waals surface area contributed by atoms with Gasteiger partial charge in [-0.1, -0.05) is 59.9 Å². The minimum absolute atomic E-state index is 0.639. The standard InChI is InChI=1S/C16H10Br3N/c1-10-15(18)7-11(8-16(10)19)6-13(9-20)12-2-4-14(17)5-3-12/h2-8H,1H3/b13-6-. The molecule has 0 radical (unpaired) electrons. The van der Waals surface area contributed by atoms with Crippen LogP contribution in [0.3, 0.4) is 0 Å². The average molecular weight is 456 g/mol. The van der Waals surface area contributed by atoms with Crippen molar-refractivity contribution >= 4 is 59.4 Å². The van der Waals surface area contributed by atoms with Crippen molar-refractivity contribution in [1.82, 2.24) is 0 Å². The fourth-order valence-corrected chi connectivity index (χ4v) is 3.21. The molecular formula is C16H10Br3N. The second kappa shape index (κ2) is 6.71. The van der Waals surface area contributed by atoms with Crippen LogP contribution in [0.15, 0.2) is 49.8 Å². The highest BCUT2D eigenvalue weighted by molar-refractivity contribution is 9.11. The highest BCUT2D eigenvalue weighted by atomic mass is 79.9. The maximum atomic E-state index is 9.35. The third-order valence-electron chi connectivity index (χ3n) is 2.89. The van der Waals surface area contributed by atoms with E-state index in [1.807, 2.05) is 49.4 Å². The molecule has 100 valence electrons. The first-order chi connectivity index (χ1) is 9.51. The SMILES string of the molecule is Cc1c(Br)cc(/C=C(/C#N)c2ccc(Br)cc2)cc1Br. The molecule has 20 heavy (non-hydrogen) atoms. The smallest absolute Gasteiger partial charge is 0.0998 e. The maximum Gasteiger partial charge on any atom is 0.0998 e. The molecule has 0 saturated carbocycles. The van der Waals surface area contributed by atoms with E-state index in [9.17, 15) is 5.26 Å². The van der Waals surface area contributed by atoms with Crippen molar-refractivity contribution in [3.8, 4) is 6.07 Å². The molecule has 0 heterocycles. The van der Waals surface area contributed by atoms with Gasteiger partial charge in [-0.15, -0.1) is 0 Å². The third kappa shape index (κ3) is 3.60. The zero-order valence-electron chi connectivity index (χ0n) is 10.6. The average Bonchev–Trinajstić information content (AvgIpc) is 2.43. The van der Waals surface area contributed by atoms with Crippen LogP contribution >= 0.6 is 47.8 Å². The van der Waals surface area contributed by atoms with Crippen molar-refractivity contribution in [3.05, 3.63) is 66.5 Å². The lowest BCUT2D eigenvalue weighted by atomic mass is 10.0. The van der Waals surface area contributed by atoms with Crippen LogP contribution in [0.4, 0.5) is 0 Å². The van der Waals surface area contributed by atoms with Crippen LogP contribution in [0.1, 0.15) is 16.7 Å². The van der Waals surface area contributed by atoms with Crippen molar-refractivity contribution in [1.29, 1.82) is 5.26 Å². The van der Waals surface area contributed by atoms with Gasteiger partial charge in [0.15, 0.2) is 0 Å². The molecule has 4 heteroatoms. The predicted octanol–water partition coefficient (Wildman–Crippen LogP) is 6.35. The summed E-state index contributed by atoms with van der Waals surface area (Å²) < 4.78 is 3.04. The van der Waals surface area contributed by atoms with Gasteiger partial charge in [-0.2, -0.15) is 5.26 Å². The highest BCUT2D eigenvalue weighted by Gasteiger charge is 2.05. The molecule has 0 aromatic heterocycles. The Labute approximate surface area is 143 Å². The first-order valence-corrected chi connectivity index (χ1v) is 8.22. The molecule has 0 atom stereocenters.